The number of aryl methyl sites for hydroxylation is 3. The van der Waals surface area contributed by atoms with Gasteiger partial charge in [0.15, 0.2) is 0 Å². The summed E-state index contributed by atoms with van der Waals surface area (Å²) in [7, 11) is -3.63. The van der Waals surface area contributed by atoms with Crippen LogP contribution in [0.5, 0.6) is 0 Å². The van der Waals surface area contributed by atoms with Gasteiger partial charge in [-0.05, 0) is 56.7 Å². The first kappa shape index (κ1) is 18.5. The average molecular weight is 384 g/mol. The van der Waals surface area contributed by atoms with Crippen LogP contribution in [-0.2, 0) is 10.0 Å². The topological polar surface area (TPSA) is 46.2 Å². The Labute approximate surface area is 159 Å². The van der Waals surface area contributed by atoms with E-state index in [9.17, 15) is 8.42 Å². The lowest BCUT2D eigenvalue weighted by Crippen LogP contribution is -2.13. The van der Waals surface area contributed by atoms with E-state index in [-0.39, 0.29) is 4.90 Å². The number of benzene rings is 3. The van der Waals surface area contributed by atoms with Gasteiger partial charge in [-0.1, -0.05) is 59.3 Å². The molecule has 0 aromatic heterocycles. The minimum atomic E-state index is -3.63. The highest BCUT2D eigenvalue weighted by atomic mass is 32.2. The Bertz CT molecular complexity index is 1030. The van der Waals surface area contributed by atoms with Crippen LogP contribution in [0.2, 0.25) is 0 Å². The molecule has 0 heterocycles. The van der Waals surface area contributed by atoms with Gasteiger partial charge in [0.2, 0.25) is 0 Å². The van der Waals surface area contributed by atoms with Crippen molar-refractivity contribution in [3.63, 3.8) is 0 Å². The molecule has 5 heteroatoms. The summed E-state index contributed by atoms with van der Waals surface area (Å²) in [5, 5.41) is 0. The van der Waals surface area contributed by atoms with Crippen LogP contribution in [0.25, 0.3) is 0 Å². The summed E-state index contributed by atoms with van der Waals surface area (Å²) in [6.07, 6.45) is 0. The molecule has 0 unspecified atom stereocenters. The molecule has 3 rings (SSSR count). The summed E-state index contributed by atoms with van der Waals surface area (Å²) in [5.74, 6) is 0. The normalized spacial score (nSPS) is 11.3. The molecule has 0 aliphatic carbocycles. The third kappa shape index (κ3) is 4.29. The van der Waals surface area contributed by atoms with Gasteiger partial charge in [-0.15, -0.1) is 0 Å². The number of anilines is 1. The van der Waals surface area contributed by atoms with Crippen molar-refractivity contribution in [2.75, 3.05) is 4.72 Å². The quantitative estimate of drug-likeness (QED) is 0.627. The predicted octanol–water partition coefficient (Wildman–Crippen LogP) is 5.56. The molecule has 3 aromatic carbocycles. The SMILES string of the molecule is Cc1ccc(S(=O)(=O)Nc2ccccc2Sc2ccc(C)cc2C)cc1. The second-order valence-corrected chi connectivity index (χ2v) is 9.05. The molecule has 0 saturated carbocycles. The van der Waals surface area contributed by atoms with Crippen LogP contribution in [0.4, 0.5) is 5.69 Å². The largest absolute Gasteiger partial charge is 0.278 e. The monoisotopic (exact) mass is 383 g/mol. The van der Waals surface area contributed by atoms with E-state index in [0.717, 1.165) is 15.4 Å². The molecule has 0 radical (unpaired) electrons. The molecule has 0 fully saturated rings. The summed E-state index contributed by atoms with van der Waals surface area (Å²) in [4.78, 5) is 2.24. The van der Waals surface area contributed by atoms with Crippen molar-refractivity contribution in [3.05, 3.63) is 83.4 Å². The molecular formula is C21H21NO2S2. The molecule has 0 spiro atoms. The molecule has 3 nitrogen and oxygen atoms in total. The van der Waals surface area contributed by atoms with Crippen molar-refractivity contribution < 1.29 is 8.42 Å². The van der Waals surface area contributed by atoms with E-state index in [2.05, 4.69) is 36.8 Å². The molecule has 134 valence electrons. The van der Waals surface area contributed by atoms with E-state index in [1.54, 1.807) is 42.1 Å². The number of sulfonamides is 1. The second kappa shape index (κ2) is 7.56. The van der Waals surface area contributed by atoms with Crippen LogP contribution < -0.4 is 4.72 Å². The van der Waals surface area contributed by atoms with E-state index in [1.807, 2.05) is 25.1 Å². The first-order chi connectivity index (χ1) is 12.3. The van der Waals surface area contributed by atoms with Gasteiger partial charge in [0.1, 0.15) is 0 Å². The zero-order valence-electron chi connectivity index (χ0n) is 15.0. The Kier molecular flexibility index (Phi) is 5.39. The van der Waals surface area contributed by atoms with Crippen LogP contribution >= 0.6 is 11.8 Å². The Hall–Kier alpha value is -2.24. The van der Waals surface area contributed by atoms with Crippen molar-refractivity contribution in [2.45, 2.75) is 35.5 Å². The number of rotatable bonds is 5. The Morgan fingerprint density at radius 2 is 1.42 bits per heavy atom. The summed E-state index contributed by atoms with van der Waals surface area (Å²) >= 11 is 1.56. The smallest absolute Gasteiger partial charge is 0.261 e. The zero-order chi connectivity index (χ0) is 18.7. The molecule has 0 aliphatic rings. The lowest BCUT2D eigenvalue weighted by Gasteiger charge is -2.13. The number of nitrogens with one attached hydrogen (secondary N) is 1. The lowest BCUT2D eigenvalue weighted by molar-refractivity contribution is 0.601. The van der Waals surface area contributed by atoms with Gasteiger partial charge in [0.25, 0.3) is 10.0 Å². The van der Waals surface area contributed by atoms with Crippen molar-refractivity contribution in [2.24, 2.45) is 0 Å². The summed E-state index contributed by atoms with van der Waals surface area (Å²) in [6.45, 7) is 6.05. The first-order valence-electron chi connectivity index (χ1n) is 8.29. The van der Waals surface area contributed by atoms with E-state index in [0.29, 0.717) is 5.69 Å². The van der Waals surface area contributed by atoms with E-state index >= 15 is 0 Å². The second-order valence-electron chi connectivity index (χ2n) is 6.29. The Morgan fingerprint density at radius 3 is 2.12 bits per heavy atom. The van der Waals surface area contributed by atoms with Gasteiger partial charge < -0.3 is 0 Å². The molecule has 0 saturated heterocycles. The first-order valence-corrected chi connectivity index (χ1v) is 10.6. The fourth-order valence-corrected chi connectivity index (χ4v) is 4.71. The molecule has 0 aliphatic heterocycles. The van der Waals surface area contributed by atoms with Crippen molar-refractivity contribution in [1.29, 1.82) is 0 Å². The molecular weight excluding hydrogens is 362 g/mol. The third-order valence-corrected chi connectivity index (χ3v) is 6.65. The predicted molar refractivity (Wildman–Crippen MR) is 108 cm³/mol. The fourth-order valence-electron chi connectivity index (χ4n) is 2.59. The molecule has 3 aromatic rings. The summed E-state index contributed by atoms with van der Waals surface area (Å²) in [5.41, 5.74) is 3.99. The standard InChI is InChI=1S/C21H21NO2S2/c1-15-8-11-18(12-9-15)26(23,24)22-19-6-4-5-7-21(19)25-20-13-10-16(2)14-17(20)3/h4-14,22H,1-3H3. The van der Waals surface area contributed by atoms with Crippen LogP contribution in [-0.4, -0.2) is 8.42 Å². The van der Waals surface area contributed by atoms with Crippen LogP contribution in [0.3, 0.4) is 0 Å². The van der Waals surface area contributed by atoms with Gasteiger partial charge in [-0.3, -0.25) is 4.72 Å². The number of hydrogen-bond acceptors (Lipinski definition) is 3. The van der Waals surface area contributed by atoms with Crippen molar-refractivity contribution in [1.82, 2.24) is 0 Å². The maximum atomic E-state index is 12.7. The number of para-hydroxylation sites is 1. The van der Waals surface area contributed by atoms with Crippen LogP contribution in [0.15, 0.2) is 81.4 Å². The van der Waals surface area contributed by atoms with Crippen LogP contribution in [0, 0.1) is 20.8 Å². The molecule has 1 N–H and O–H groups in total. The zero-order valence-corrected chi connectivity index (χ0v) is 16.6. The molecule has 26 heavy (non-hydrogen) atoms. The van der Waals surface area contributed by atoms with Crippen molar-refractivity contribution >= 4 is 27.5 Å². The highest BCUT2D eigenvalue weighted by molar-refractivity contribution is 7.99. The molecule has 0 amide bonds. The van der Waals surface area contributed by atoms with Crippen molar-refractivity contribution in [3.8, 4) is 0 Å². The molecule has 0 atom stereocenters. The Balaban J connectivity index is 1.91. The third-order valence-electron chi connectivity index (χ3n) is 4.01. The van der Waals surface area contributed by atoms with Crippen LogP contribution in [0.1, 0.15) is 16.7 Å². The van der Waals surface area contributed by atoms with E-state index < -0.39 is 10.0 Å². The minimum Gasteiger partial charge on any atom is -0.278 e. The number of hydrogen-bond donors (Lipinski definition) is 1. The summed E-state index contributed by atoms with van der Waals surface area (Å²) in [6, 6.07) is 20.6. The Morgan fingerprint density at radius 1 is 0.769 bits per heavy atom. The van der Waals surface area contributed by atoms with Gasteiger partial charge >= 0.3 is 0 Å². The fraction of sp³-hybridized carbons (Fsp3) is 0.143. The highest BCUT2D eigenvalue weighted by Gasteiger charge is 2.16. The van der Waals surface area contributed by atoms with Gasteiger partial charge in [-0.2, -0.15) is 0 Å². The maximum Gasteiger partial charge on any atom is 0.261 e. The van der Waals surface area contributed by atoms with E-state index in [1.165, 1.54) is 11.1 Å². The highest BCUT2D eigenvalue weighted by Crippen LogP contribution is 2.36. The minimum absolute atomic E-state index is 0.259. The maximum absolute atomic E-state index is 12.7. The lowest BCUT2D eigenvalue weighted by atomic mass is 10.2. The van der Waals surface area contributed by atoms with E-state index in [4.69, 9.17) is 0 Å². The van der Waals surface area contributed by atoms with Gasteiger partial charge in [0, 0.05) is 9.79 Å². The van der Waals surface area contributed by atoms with Gasteiger partial charge in [-0.25, -0.2) is 8.42 Å². The summed E-state index contributed by atoms with van der Waals surface area (Å²) < 4.78 is 28.1. The molecule has 0 bridgehead atoms. The average Bonchev–Trinajstić information content (AvgIpc) is 2.59. The van der Waals surface area contributed by atoms with Gasteiger partial charge in [0.05, 0.1) is 10.6 Å².